The number of hydrogen-bond donors (Lipinski definition) is 3. The molecule has 172 valence electrons. The summed E-state index contributed by atoms with van der Waals surface area (Å²) >= 11 is 0. The van der Waals surface area contributed by atoms with E-state index in [1.807, 2.05) is 0 Å². The minimum absolute atomic E-state index is 0.0234. The van der Waals surface area contributed by atoms with Crippen LogP contribution in [-0.2, 0) is 16.1 Å². The van der Waals surface area contributed by atoms with Crippen molar-refractivity contribution >= 4 is 17.9 Å². The van der Waals surface area contributed by atoms with Crippen molar-refractivity contribution < 1.29 is 37.4 Å². The summed E-state index contributed by atoms with van der Waals surface area (Å²) in [4.78, 5) is 37.8. The number of piperidine rings is 1. The van der Waals surface area contributed by atoms with Crippen molar-refractivity contribution in [3.8, 4) is 11.8 Å². The van der Waals surface area contributed by atoms with Gasteiger partial charge in [-0.2, -0.15) is 5.26 Å². The molecule has 9 nitrogen and oxygen atoms in total. The minimum atomic E-state index is -4.96. The molecule has 1 aliphatic carbocycles. The Morgan fingerprint density at radius 3 is 2.62 bits per heavy atom. The average molecular weight is 454 g/mol. The number of benzene rings is 1. The van der Waals surface area contributed by atoms with Crippen molar-refractivity contribution in [3.05, 3.63) is 29.3 Å². The molecule has 1 aromatic rings. The maximum absolute atomic E-state index is 12.7. The summed E-state index contributed by atoms with van der Waals surface area (Å²) in [6, 6.07) is 5.26. The molecule has 1 aliphatic heterocycles. The van der Waals surface area contributed by atoms with E-state index in [2.05, 4.69) is 15.4 Å². The van der Waals surface area contributed by atoms with E-state index in [-0.39, 0.29) is 30.1 Å². The number of amides is 3. The van der Waals surface area contributed by atoms with Crippen LogP contribution in [0.25, 0.3) is 0 Å². The molecule has 2 aliphatic rings. The largest absolute Gasteiger partial charge is 0.573 e. The summed E-state index contributed by atoms with van der Waals surface area (Å²) < 4.78 is 42.0. The van der Waals surface area contributed by atoms with Gasteiger partial charge in [-0.15, -0.1) is 13.2 Å². The van der Waals surface area contributed by atoms with Crippen LogP contribution in [0.15, 0.2) is 18.2 Å². The van der Waals surface area contributed by atoms with Crippen LogP contribution < -0.4 is 15.4 Å². The Kier molecular flexibility index (Phi) is 6.47. The first-order chi connectivity index (χ1) is 15.0. The van der Waals surface area contributed by atoms with E-state index in [1.165, 1.54) is 17.0 Å². The zero-order valence-corrected chi connectivity index (χ0v) is 16.9. The summed E-state index contributed by atoms with van der Waals surface area (Å²) in [7, 11) is 0. The van der Waals surface area contributed by atoms with Gasteiger partial charge in [0.05, 0.1) is 17.6 Å². The smallest absolute Gasteiger partial charge is 0.465 e. The highest BCUT2D eigenvalue weighted by Crippen LogP contribution is 2.38. The van der Waals surface area contributed by atoms with Gasteiger partial charge >= 0.3 is 12.5 Å². The van der Waals surface area contributed by atoms with E-state index in [0.717, 1.165) is 6.07 Å². The number of ether oxygens (including phenoxy) is 1. The van der Waals surface area contributed by atoms with E-state index < -0.39 is 35.6 Å². The van der Waals surface area contributed by atoms with Gasteiger partial charge in [0.2, 0.25) is 11.8 Å². The average Bonchev–Trinajstić information content (AvgIpc) is 3.50. The van der Waals surface area contributed by atoms with Crippen LogP contribution in [0.2, 0.25) is 0 Å². The van der Waals surface area contributed by atoms with Crippen molar-refractivity contribution in [1.29, 1.82) is 5.26 Å². The number of nitrogens with one attached hydrogen (secondary N) is 2. The predicted octanol–water partition coefficient (Wildman–Crippen LogP) is 2.11. The Morgan fingerprint density at radius 2 is 2.03 bits per heavy atom. The van der Waals surface area contributed by atoms with E-state index in [1.54, 1.807) is 6.07 Å². The second kappa shape index (κ2) is 8.94. The van der Waals surface area contributed by atoms with Gasteiger partial charge in [0, 0.05) is 25.2 Å². The lowest BCUT2D eigenvalue weighted by Crippen LogP contribution is -2.54. The van der Waals surface area contributed by atoms with Gasteiger partial charge in [-0.25, -0.2) is 4.79 Å². The Morgan fingerprint density at radius 1 is 1.31 bits per heavy atom. The van der Waals surface area contributed by atoms with Crippen LogP contribution in [0.1, 0.15) is 36.8 Å². The van der Waals surface area contributed by atoms with Gasteiger partial charge in [0.15, 0.2) is 0 Å². The van der Waals surface area contributed by atoms with Gasteiger partial charge in [-0.1, -0.05) is 6.07 Å². The van der Waals surface area contributed by atoms with Crippen LogP contribution in [0, 0.1) is 17.2 Å². The van der Waals surface area contributed by atoms with Crippen molar-refractivity contribution in [3.63, 3.8) is 0 Å². The summed E-state index contributed by atoms with van der Waals surface area (Å²) in [5.74, 6) is -1.97. The first kappa shape index (κ1) is 23.2. The molecule has 0 bridgehead atoms. The fraction of sp³-hybridized carbons (Fsp3) is 0.500. The summed E-state index contributed by atoms with van der Waals surface area (Å²) in [5, 5.41) is 22.6. The number of carboxylic acid groups (broad SMARTS) is 1. The SMILES string of the molecule is N#Cc1ccc(CNC(=O)C2CCCN(C(=O)C3(NC(=O)O)CC3)C2)c(OC(F)(F)F)c1. The number of likely N-dealkylation sites (tertiary alicyclic amines) is 1. The molecule has 0 spiro atoms. The molecule has 0 radical (unpaired) electrons. The molecule has 0 aromatic heterocycles. The van der Waals surface area contributed by atoms with E-state index in [4.69, 9.17) is 10.4 Å². The molecule has 3 amide bonds. The van der Waals surface area contributed by atoms with Gasteiger partial charge in [0.1, 0.15) is 11.3 Å². The molecule has 3 rings (SSSR count). The molecule has 1 unspecified atom stereocenters. The van der Waals surface area contributed by atoms with E-state index >= 15 is 0 Å². The van der Waals surface area contributed by atoms with Crippen LogP contribution in [0.5, 0.6) is 5.75 Å². The Labute approximate surface area is 181 Å². The molecule has 1 saturated heterocycles. The fourth-order valence-corrected chi connectivity index (χ4v) is 3.72. The zero-order chi connectivity index (χ0) is 23.5. The molecule has 12 heteroatoms. The van der Waals surface area contributed by atoms with Crippen LogP contribution in [-0.4, -0.2) is 52.9 Å². The third kappa shape index (κ3) is 5.60. The number of carbonyl (C=O) groups is 3. The predicted molar refractivity (Wildman–Crippen MR) is 102 cm³/mol. The number of nitriles is 1. The molecule has 3 N–H and O–H groups in total. The standard InChI is InChI=1S/C20H21F3N4O5/c21-20(22,23)32-15-8-12(9-24)3-4-13(15)10-25-16(28)14-2-1-7-27(11-14)17(29)19(5-6-19)26-18(30)31/h3-4,8,14,26H,1-2,5-7,10-11H2,(H,25,28)(H,30,31). The van der Waals surface area contributed by atoms with Crippen molar-refractivity contribution in [2.75, 3.05) is 13.1 Å². The second-order valence-electron chi connectivity index (χ2n) is 7.80. The first-order valence-corrected chi connectivity index (χ1v) is 9.90. The lowest BCUT2D eigenvalue weighted by molar-refractivity contribution is -0.274. The van der Waals surface area contributed by atoms with Crippen LogP contribution in [0.3, 0.4) is 0 Å². The van der Waals surface area contributed by atoms with Crippen molar-refractivity contribution in [2.24, 2.45) is 5.92 Å². The van der Waals surface area contributed by atoms with Crippen molar-refractivity contribution in [2.45, 2.75) is 44.1 Å². The Hall–Kier alpha value is -3.49. The Balaban J connectivity index is 1.62. The summed E-state index contributed by atoms with van der Waals surface area (Å²) in [6.07, 6.45) is -4.44. The number of nitrogens with zero attached hydrogens (tertiary/aromatic N) is 2. The third-order valence-electron chi connectivity index (χ3n) is 5.46. The van der Waals surface area contributed by atoms with Gasteiger partial charge in [-0.3, -0.25) is 9.59 Å². The summed E-state index contributed by atoms with van der Waals surface area (Å²) in [6.45, 7) is 0.225. The van der Waals surface area contributed by atoms with Gasteiger partial charge in [-0.05, 0) is 37.8 Å². The first-order valence-electron chi connectivity index (χ1n) is 9.90. The molecule has 1 saturated carbocycles. The van der Waals surface area contributed by atoms with Gasteiger partial charge < -0.3 is 25.4 Å². The molecule has 32 heavy (non-hydrogen) atoms. The van der Waals surface area contributed by atoms with Crippen LogP contribution >= 0.6 is 0 Å². The molecule has 2 fully saturated rings. The number of carbonyl (C=O) groups excluding carboxylic acids is 2. The minimum Gasteiger partial charge on any atom is -0.465 e. The topological polar surface area (TPSA) is 132 Å². The highest BCUT2D eigenvalue weighted by Gasteiger charge is 2.53. The van der Waals surface area contributed by atoms with Crippen LogP contribution in [0.4, 0.5) is 18.0 Å². The maximum Gasteiger partial charge on any atom is 0.573 e. The highest BCUT2D eigenvalue weighted by atomic mass is 19.4. The number of rotatable bonds is 6. The number of hydrogen-bond acceptors (Lipinski definition) is 5. The van der Waals surface area contributed by atoms with Gasteiger partial charge in [0.25, 0.3) is 0 Å². The second-order valence-corrected chi connectivity index (χ2v) is 7.80. The lowest BCUT2D eigenvalue weighted by Gasteiger charge is -2.34. The van der Waals surface area contributed by atoms with Crippen molar-refractivity contribution in [1.82, 2.24) is 15.5 Å². The van der Waals surface area contributed by atoms with E-state index in [9.17, 15) is 27.6 Å². The normalized spacial score (nSPS) is 19.4. The number of halogens is 3. The summed E-state index contributed by atoms with van der Waals surface area (Å²) in [5.41, 5.74) is -1.11. The molecule has 1 atom stereocenters. The lowest BCUT2D eigenvalue weighted by atomic mass is 9.96. The third-order valence-corrected chi connectivity index (χ3v) is 5.46. The monoisotopic (exact) mass is 454 g/mol. The molecular formula is C20H21F3N4O5. The number of alkyl halides is 3. The molecule has 1 heterocycles. The highest BCUT2D eigenvalue weighted by molar-refractivity contribution is 5.93. The zero-order valence-electron chi connectivity index (χ0n) is 16.9. The fourth-order valence-electron chi connectivity index (χ4n) is 3.72. The Bertz CT molecular complexity index is 956. The maximum atomic E-state index is 12.7. The quantitative estimate of drug-likeness (QED) is 0.603. The molecule has 1 aromatic carbocycles. The van der Waals surface area contributed by atoms with E-state index in [0.29, 0.717) is 32.2 Å². The molecular weight excluding hydrogens is 433 g/mol.